The molecule has 0 aliphatic rings. The molecule has 0 bridgehead atoms. The quantitative estimate of drug-likeness (QED) is 0.766. The molecule has 0 radical (unpaired) electrons. The summed E-state index contributed by atoms with van der Waals surface area (Å²) in [5.41, 5.74) is 7.18. The van der Waals surface area contributed by atoms with Gasteiger partial charge < -0.3 is 10.5 Å². The Morgan fingerprint density at radius 3 is 2.50 bits per heavy atom. The molecule has 0 aliphatic carbocycles. The van der Waals surface area contributed by atoms with E-state index in [1.807, 2.05) is 13.0 Å². The molecule has 1 unspecified atom stereocenters. The topological polar surface area (TPSA) is 38.5 Å². The third kappa shape index (κ3) is 4.41. The molecule has 1 atom stereocenters. The summed E-state index contributed by atoms with van der Waals surface area (Å²) in [6.07, 6.45) is 1.04. The molecule has 1 aromatic rings. The Bertz CT molecular complexity index is 329. The summed E-state index contributed by atoms with van der Waals surface area (Å²) in [6, 6.07) is 10.5. The van der Waals surface area contributed by atoms with Gasteiger partial charge in [0.2, 0.25) is 0 Å². The molecule has 0 saturated heterocycles. The highest BCUT2D eigenvalue weighted by molar-refractivity contribution is 5.15. The normalized spacial score (nSPS) is 14.7. The Balaban J connectivity index is 2.49. The van der Waals surface area contributed by atoms with Gasteiger partial charge in [0, 0.05) is 19.7 Å². The van der Waals surface area contributed by atoms with E-state index in [-0.39, 0.29) is 5.54 Å². The molecular formula is C15H26N2O. The van der Waals surface area contributed by atoms with E-state index in [4.69, 9.17) is 10.5 Å². The van der Waals surface area contributed by atoms with E-state index >= 15 is 0 Å². The van der Waals surface area contributed by atoms with Crippen molar-refractivity contribution in [3.8, 4) is 0 Å². The Morgan fingerprint density at radius 1 is 1.28 bits per heavy atom. The van der Waals surface area contributed by atoms with Gasteiger partial charge in [0.15, 0.2) is 0 Å². The van der Waals surface area contributed by atoms with Gasteiger partial charge in [-0.2, -0.15) is 0 Å². The number of hydrogen-bond acceptors (Lipinski definition) is 3. The molecule has 0 heterocycles. The first-order chi connectivity index (χ1) is 8.62. The standard InChI is InChI=1S/C15H26N2O/c1-4-18-13-15(2,12-16)17(3)11-10-14-8-6-5-7-9-14/h5-9H,4,10-13,16H2,1-3H3. The van der Waals surface area contributed by atoms with Gasteiger partial charge in [0.05, 0.1) is 12.1 Å². The van der Waals surface area contributed by atoms with E-state index in [1.165, 1.54) is 5.56 Å². The van der Waals surface area contributed by atoms with Crippen LogP contribution in [0.2, 0.25) is 0 Å². The van der Waals surface area contributed by atoms with E-state index in [2.05, 4.69) is 43.1 Å². The van der Waals surface area contributed by atoms with Gasteiger partial charge >= 0.3 is 0 Å². The molecule has 0 fully saturated rings. The Kier molecular flexibility index (Phi) is 6.33. The summed E-state index contributed by atoms with van der Waals surface area (Å²) in [5.74, 6) is 0. The maximum Gasteiger partial charge on any atom is 0.0659 e. The van der Waals surface area contributed by atoms with Crippen molar-refractivity contribution in [1.29, 1.82) is 0 Å². The second-order valence-electron chi connectivity index (χ2n) is 5.00. The summed E-state index contributed by atoms with van der Waals surface area (Å²) in [7, 11) is 2.12. The lowest BCUT2D eigenvalue weighted by Crippen LogP contribution is -2.53. The zero-order valence-electron chi connectivity index (χ0n) is 11.9. The summed E-state index contributed by atoms with van der Waals surface area (Å²) < 4.78 is 5.54. The molecule has 3 nitrogen and oxygen atoms in total. The minimum Gasteiger partial charge on any atom is -0.380 e. The van der Waals surface area contributed by atoms with Crippen molar-refractivity contribution in [2.45, 2.75) is 25.8 Å². The van der Waals surface area contributed by atoms with Crippen LogP contribution in [0.25, 0.3) is 0 Å². The average Bonchev–Trinajstić information content (AvgIpc) is 2.43. The Morgan fingerprint density at radius 2 is 1.94 bits per heavy atom. The second-order valence-corrected chi connectivity index (χ2v) is 5.00. The first-order valence-corrected chi connectivity index (χ1v) is 6.65. The minimum absolute atomic E-state index is 0.0786. The molecule has 0 spiro atoms. The fourth-order valence-electron chi connectivity index (χ4n) is 1.86. The third-order valence-corrected chi connectivity index (χ3v) is 3.56. The van der Waals surface area contributed by atoms with E-state index < -0.39 is 0 Å². The zero-order chi connectivity index (χ0) is 13.4. The molecule has 0 saturated carbocycles. The van der Waals surface area contributed by atoms with Crippen molar-refractivity contribution in [2.24, 2.45) is 5.73 Å². The monoisotopic (exact) mass is 250 g/mol. The molecule has 1 aromatic carbocycles. The summed E-state index contributed by atoms with van der Waals surface area (Å²) in [5, 5.41) is 0. The van der Waals surface area contributed by atoms with E-state index in [9.17, 15) is 0 Å². The molecule has 0 amide bonds. The van der Waals surface area contributed by atoms with Gasteiger partial charge in [-0.1, -0.05) is 30.3 Å². The molecular weight excluding hydrogens is 224 g/mol. The van der Waals surface area contributed by atoms with Crippen LogP contribution in [0.15, 0.2) is 30.3 Å². The largest absolute Gasteiger partial charge is 0.380 e. The highest BCUT2D eigenvalue weighted by Gasteiger charge is 2.27. The first kappa shape index (κ1) is 15.2. The van der Waals surface area contributed by atoms with Gasteiger partial charge in [-0.3, -0.25) is 4.90 Å². The smallest absolute Gasteiger partial charge is 0.0659 e. The summed E-state index contributed by atoms with van der Waals surface area (Å²) in [6.45, 7) is 7.20. The van der Waals surface area contributed by atoms with Crippen molar-refractivity contribution in [3.63, 3.8) is 0 Å². The van der Waals surface area contributed by atoms with Crippen molar-refractivity contribution in [1.82, 2.24) is 4.90 Å². The summed E-state index contributed by atoms with van der Waals surface area (Å²) in [4.78, 5) is 2.30. The van der Waals surface area contributed by atoms with Crippen LogP contribution in [0, 0.1) is 0 Å². The van der Waals surface area contributed by atoms with Crippen LogP contribution in [-0.4, -0.2) is 43.8 Å². The number of benzene rings is 1. The van der Waals surface area contributed by atoms with Crippen molar-refractivity contribution < 1.29 is 4.74 Å². The Labute approximate surface area is 111 Å². The van der Waals surface area contributed by atoms with Crippen molar-refractivity contribution in [3.05, 3.63) is 35.9 Å². The molecule has 1 rings (SSSR count). The predicted octanol–water partition coefficient (Wildman–Crippen LogP) is 1.91. The van der Waals surface area contributed by atoms with Crippen LogP contribution < -0.4 is 5.73 Å². The zero-order valence-corrected chi connectivity index (χ0v) is 11.9. The average molecular weight is 250 g/mol. The van der Waals surface area contributed by atoms with Crippen LogP contribution in [0.1, 0.15) is 19.4 Å². The SMILES string of the molecule is CCOCC(C)(CN)N(C)CCc1ccccc1. The summed E-state index contributed by atoms with van der Waals surface area (Å²) >= 11 is 0. The van der Waals surface area contributed by atoms with Crippen LogP contribution in [0.5, 0.6) is 0 Å². The lowest BCUT2D eigenvalue weighted by molar-refractivity contribution is 0.0246. The van der Waals surface area contributed by atoms with E-state index in [0.717, 1.165) is 19.6 Å². The lowest BCUT2D eigenvalue weighted by atomic mass is 10.0. The first-order valence-electron chi connectivity index (χ1n) is 6.65. The molecule has 3 heteroatoms. The molecule has 0 aromatic heterocycles. The van der Waals surface area contributed by atoms with Gasteiger partial charge in [-0.15, -0.1) is 0 Å². The van der Waals surface area contributed by atoms with E-state index in [0.29, 0.717) is 13.2 Å². The van der Waals surface area contributed by atoms with Gasteiger partial charge in [0.1, 0.15) is 0 Å². The van der Waals surface area contributed by atoms with Crippen molar-refractivity contribution >= 4 is 0 Å². The van der Waals surface area contributed by atoms with Gasteiger partial charge in [-0.25, -0.2) is 0 Å². The number of likely N-dealkylation sites (N-methyl/N-ethyl adjacent to an activating group) is 1. The molecule has 0 aliphatic heterocycles. The number of hydrogen-bond donors (Lipinski definition) is 1. The fourth-order valence-corrected chi connectivity index (χ4v) is 1.86. The molecule has 18 heavy (non-hydrogen) atoms. The third-order valence-electron chi connectivity index (χ3n) is 3.56. The second kappa shape index (κ2) is 7.52. The van der Waals surface area contributed by atoms with Crippen LogP contribution >= 0.6 is 0 Å². The number of rotatable bonds is 8. The number of nitrogens with zero attached hydrogens (tertiary/aromatic N) is 1. The maximum atomic E-state index is 5.90. The lowest BCUT2D eigenvalue weighted by Gasteiger charge is -2.37. The highest BCUT2D eigenvalue weighted by atomic mass is 16.5. The van der Waals surface area contributed by atoms with Crippen LogP contribution in [-0.2, 0) is 11.2 Å². The van der Waals surface area contributed by atoms with Crippen LogP contribution in [0.4, 0.5) is 0 Å². The number of nitrogens with two attached hydrogens (primary N) is 1. The number of ether oxygens (including phenoxy) is 1. The molecule has 2 N–H and O–H groups in total. The predicted molar refractivity (Wildman–Crippen MR) is 76.7 cm³/mol. The van der Waals surface area contributed by atoms with Crippen molar-refractivity contribution in [2.75, 3.05) is 33.4 Å². The van der Waals surface area contributed by atoms with Gasteiger partial charge in [0.25, 0.3) is 0 Å². The van der Waals surface area contributed by atoms with E-state index in [1.54, 1.807) is 0 Å². The maximum absolute atomic E-state index is 5.90. The van der Waals surface area contributed by atoms with Gasteiger partial charge in [-0.05, 0) is 32.9 Å². The minimum atomic E-state index is -0.0786. The Hall–Kier alpha value is -0.900. The van der Waals surface area contributed by atoms with Crippen LogP contribution in [0.3, 0.4) is 0 Å². The highest BCUT2D eigenvalue weighted by Crippen LogP contribution is 2.13. The fraction of sp³-hybridized carbons (Fsp3) is 0.600. The molecule has 102 valence electrons.